The van der Waals surface area contributed by atoms with Crippen LogP contribution in [0.25, 0.3) is 0 Å². The molecule has 0 aromatic carbocycles. The monoisotopic (exact) mass is 1100 g/mol. The number of rotatable bonds is 61. The Balaban J connectivity index is 2.14. The van der Waals surface area contributed by atoms with Gasteiger partial charge >= 0.3 is 0 Å². The van der Waals surface area contributed by atoms with Gasteiger partial charge in [0.15, 0.2) is 6.29 Å². The Kier molecular flexibility index (Phi) is 56.3. The van der Waals surface area contributed by atoms with Crippen molar-refractivity contribution < 1.29 is 39.8 Å². The predicted molar refractivity (Wildman–Crippen MR) is 332 cm³/mol. The highest BCUT2D eigenvalue weighted by Gasteiger charge is 2.44. The molecule has 0 aromatic rings. The number of allylic oxidation sites excluding steroid dienone is 3. The molecule has 6 N–H and O–H groups in total. The summed E-state index contributed by atoms with van der Waals surface area (Å²) in [6.07, 6.45) is 70.0. The van der Waals surface area contributed by atoms with Crippen LogP contribution in [0.5, 0.6) is 0 Å². The molecule has 1 saturated heterocycles. The average molecular weight is 1100 g/mol. The summed E-state index contributed by atoms with van der Waals surface area (Å²) >= 11 is 0. The van der Waals surface area contributed by atoms with E-state index in [-0.39, 0.29) is 12.5 Å². The number of hydrogen-bond donors (Lipinski definition) is 6. The van der Waals surface area contributed by atoms with Crippen molar-refractivity contribution in [2.45, 2.75) is 397 Å². The van der Waals surface area contributed by atoms with Crippen molar-refractivity contribution in [3.8, 4) is 0 Å². The summed E-state index contributed by atoms with van der Waals surface area (Å²) in [4.78, 5) is 13.1. The minimum Gasteiger partial charge on any atom is -0.394 e. The number of carbonyl (C=O) groups is 1. The third-order valence-electron chi connectivity index (χ3n) is 16.8. The van der Waals surface area contributed by atoms with E-state index in [1.807, 2.05) is 6.08 Å². The first-order valence-electron chi connectivity index (χ1n) is 34.6. The van der Waals surface area contributed by atoms with E-state index < -0.39 is 49.5 Å². The molecular weight excluding hydrogens is 971 g/mol. The van der Waals surface area contributed by atoms with Crippen LogP contribution in [0.3, 0.4) is 0 Å². The Morgan fingerprint density at radius 3 is 1.08 bits per heavy atom. The molecule has 0 aliphatic carbocycles. The predicted octanol–water partition coefficient (Wildman–Crippen LogP) is 18.5. The zero-order chi connectivity index (χ0) is 56.5. The smallest absolute Gasteiger partial charge is 0.220 e. The number of nitrogens with one attached hydrogen (secondary N) is 1. The second kappa shape index (κ2) is 58.9. The number of aliphatic hydroxyl groups is 5. The van der Waals surface area contributed by atoms with E-state index in [1.54, 1.807) is 6.08 Å². The Labute approximate surface area is 483 Å². The van der Waals surface area contributed by atoms with E-state index in [2.05, 4.69) is 31.3 Å². The average Bonchev–Trinajstić information content (AvgIpc) is 3.45. The van der Waals surface area contributed by atoms with Crippen LogP contribution in [-0.2, 0) is 14.3 Å². The molecule has 1 rings (SSSR count). The van der Waals surface area contributed by atoms with Gasteiger partial charge in [-0.05, 0) is 32.1 Å². The lowest BCUT2D eigenvalue weighted by Crippen LogP contribution is -2.60. The summed E-state index contributed by atoms with van der Waals surface area (Å²) in [7, 11) is 0. The fourth-order valence-electron chi connectivity index (χ4n) is 11.4. The van der Waals surface area contributed by atoms with Crippen molar-refractivity contribution >= 4 is 5.91 Å². The lowest BCUT2D eigenvalue weighted by Gasteiger charge is -2.40. The van der Waals surface area contributed by atoms with Crippen LogP contribution >= 0.6 is 0 Å². The van der Waals surface area contributed by atoms with Crippen LogP contribution in [0.1, 0.15) is 354 Å². The molecule has 9 nitrogen and oxygen atoms in total. The van der Waals surface area contributed by atoms with Crippen LogP contribution in [0, 0.1) is 0 Å². The third-order valence-corrected chi connectivity index (χ3v) is 16.8. The van der Waals surface area contributed by atoms with E-state index >= 15 is 0 Å². The van der Waals surface area contributed by atoms with Crippen LogP contribution in [0.15, 0.2) is 24.3 Å². The first kappa shape index (κ1) is 74.7. The summed E-state index contributed by atoms with van der Waals surface area (Å²) in [6.45, 7) is 3.82. The van der Waals surface area contributed by atoms with E-state index in [0.717, 1.165) is 38.5 Å². The van der Waals surface area contributed by atoms with Crippen molar-refractivity contribution in [3.05, 3.63) is 24.3 Å². The number of unbranched alkanes of at least 4 members (excludes halogenated alkanes) is 49. The SMILES string of the molecule is CCCCCCCCCCCCCCCCCCCCC/C=C/CC/C=C/C(O)C(COC1OC(CO)C(O)C(O)C1O)NC(=O)CCCCCCCCCCCCCCCCCCCCCCCCCCCCCCCC. The van der Waals surface area contributed by atoms with Gasteiger partial charge in [-0.25, -0.2) is 0 Å². The van der Waals surface area contributed by atoms with Crippen LogP contribution in [-0.4, -0.2) is 87.5 Å². The van der Waals surface area contributed by atoms with E-state index in [1.165, 1.54) is 295 Å². The Hall–Kier alpha value is -1.33. The molecule has 462 valence electrons. The van der Waals surface area contributed by atoms with Gasteiger partial charge in [0.25, 0.3) is 0 Å². The van der Waals surface area contributed by atoms with E-state index in [0.29, 0.717) is 6.42 Å². The van der Waals surface area contributed by atoms with Gasteiger partial charge in [0, 0.05) is 6.42 Å². The fraction of sp³-hybridized carbons (Fsp3) is 0.928. The Morgan fingerprint density at radius 2 is 0.731 bits per heavy atom. The maximum absolute atomic E-state index is 13.1. The lowest BCUT2D eigenvalue weighted by atomic mass is 9.99. The first-order chi connectivity index (χ1) is 38.3. The second-order valence-corrected chi connectivity index (χ2v) is 24.3. The second-order valence-electron chi connectivity index (χ2n) is 24.3. The van der Waals surface area contributed by atoms with Gasteiger partial charge in [-0.3, -0.25) is 4.79 Å². The van der Waals surface area contributed by atoms with Crippen LogP contribution in [0.2, 0.25) is 0 Å². The minimum atomic E-state index is -1.57. The van der Waals surface area contributed by atoms with Gasteiger partial charge in [-0.1, -0.05) is 340 Å². The molecule has 7 unspecified atom stereocenters. The van der Waals surface area contributed by atoms with Gasteiger partial charge in [0.1, 0.15) is 24.4 Å². The molecule has 0 saturated carbocycles. The van der Waals surface area contributed by atoms with Crippen molar-refractivity contribution in [2.75, 3.05) is 13.2 Å². The maximum atomic E-state index is 13.1. The Bertz CT molecular complexity index is 1280. The molecule has 7 atom stereocenters. The van der Waals surface area contributed by atoms with Crippen molar-refractivity contribution in [2.24, 2.45) is 0 Å². The molecule has 0 radical (unpaired) electrons. The minimum absolute atomic E-state index is 0.178. The molecule has 0 bridgehead atoms. The normalized spacial score (nSPS) is 18.7. The summed E-state index contributed by atoms with van der Waals surface area (Å²) < 4.78 is 11.3. The largest absolute Gasteiger partial charge is 0.394 e. The summed E-state index contributed by atoms with van der Waals surface area (Å²) in [6, 6.07) is -0.820. The molecule has 1 aliphatic heterocycles. The molecule has 78 heavy (non-hydrogen) atoms. The number of ether oxygens (including phenoxy) is 2. The zero-order valence-corrected chi connectivity index (χ0v) is 51.7. The standard InChI is InChI=1S/C69H133NO8/c1-3-5-7-9-11-13-15-17-19-21-23-25-27-29-30-31-32-33-35-37-39-41-43-45-47-49-51-53-55-57-59-65(73)70-62(61-77-69-68(76)67(75)66(74)64(60-71)78-69)63(72)58-56-54-52-50-48-46-44-42-40-38-36-34-28-26-24-22-20-18-16-14-12-10-8-6-4-2/h48,50,56,58,62-64,66-69,71-72,74-76H,3-47,49,51-55,57,59-61H2,1-2H3,(H,70,73)/b50-48+,58-56+. The van der Waals surface area contributed by atoms with Gasteiger partial charge < -0.3 is 40.3 Å². The molecule has 1 amide bonds. The number of amides is 1. The molecule has 1 fully saturated rings. The summed E-state index contributed by atoms with van der Waals surface area (Å²) in [5.41, 5.74) is 0. The van der Waals surface area contributed by atoms with Crippen molar-refractivity contribution in [1.82, 2.24) is 5.32 Å². The topological polar surface area (TPSA) is 149 Å². The van der Waals surface area contributed by atoms with E-state index in [4.69, 9.17) is 9.47 Å². The zero-order valence-electron chi connectivity index (χ0n) is 51.7. The molecule has 0 aromatic heterocycles. The lowest BCUT2D eigenvalue weighted by molar-refractivity contribution is -0.302. The molecule has 1 aliphatic rings. The van der Waals surface area contributed by atoms with Crippen LogP contribution in [0.4, 0.5) is 0 Å². The highest BCUT2D eigenvalue weighted by Crippen LogP contribution is 2.23. The molecule has 0 spiro atoms. The molecule has 9 heteroatoms. The number of aliphatic hydroxyl groups excluding tert-OH is 5. The number of hydrogen-bond acceptors (Lipinski definition) is 8. The molecular formula is C69H133NO8. The summed E-state index contributed by atoms with van der Waals surface area (Å²) in [5.74, 6) is -0.178. The van der Waals surface area contributed by atoms with E-state index in [9.17, 15) is 30.3 Å². The quantitative estimate of drug-likeness (QED) is 0.0261. The van der Waals surface area contributed by atoms with Crippen molar-refractivity contribution in [1.29, 1.82) is 0 Å². The van der Waals surface area contributed by atoms with Gasteiger partial charge in [-0.15, -0.1) is 0 Å². The van der Waals surface area contributed by atoms with Crippen molar-refractivity contribution in [3.63, 3.8) is 0 Å². The summed E-state index contributed by atoms with van der Waals surface area (Å²) in [5, 5.41) is 54.7. The highest BCUT2D eigenvalue weighted by molar-refractivity contribution is 5.76. The third kappa shape index (κ3) is 47.2. The number of carbonyl (C=O) groups excluding carboxylic acids is 1. The maximum Gasteiger partial charge on any atom is 0.220 e. The first-order valence-corrected chi connectivity index (χ1v) is 34.6. The Morgan fingerprint density at radius 1 is 0.423 bits per heavy atom. The van der Waals surface area contributed by atoms with Gasteiger partial charge in [0.2, 0.25) is 5.91 Å². The van der Waals surface area contributed by atoms with Gasteiger partial charge in [0.05, 0.1) is 25.4 Å². The van der Waals surface area contributed by atoms with Crippen LogP contribution < -0.4 is 5.32 Å². The molecule has 1 heterocycles. The van der Waals surface area contributed by atoms with Gasteiger partial charge in [-0.2, -0.15) is 0 Å². The fourth-order valence-corrected chi connectivity index (χ4v) is 11.4. The highest BCUT2D eigenvalue weighted by atomic mass is 16.7.